The minimum atomic E-state index is -1.32. The molecule has 1 saturated heterocycles. The van der Waals surface area contributed by atoms with Gasteiger partial charge in [-0.05, 0) is 18.4 Å². The number of ether oxygens (including phenoxy) is 2. The molecule has 0 spiro atoms. The van der Waals surface area contributed by atoms with Gasteiger partial charge in [-0.1, -0.05) is 12.1 Å². The van der Waals surface area contributed by atoms with Crippen molar-refractivity contribution in [2.45, 2.75) is 25.6 Å². The summed E-state index contributed by atoms with van der Waals surface area (Å²) in [5.74, 6) is -1.32. The molecule has 1 heterocycles. The van der Waals surface area contributed by atoms with E-state index in [2.05, 4.69) is 0 Å². The Morgan fingerprint density at radius 1 is 1.45 bits per heavy atom. The third-order valence-electron chi connectivity index (χ3n) is 3.18. The minimum Gasteiger partial charge on any atom is -0.477 e. The van der Waals surface area contributed by atoms with Gasteiger partial charge < -0.3 is 14.6 Å². The van der Waals surface area contributed by atoms with Gasteiger partial charge in [-0.15, -0.1) is 0 Å². The monoisotopic (exact) mass is 281 g/mol. The van der Waals surface area contributed by atoms with Gasteiger partial charge >= 0.3 is 5.97 Å². The zero-order chi connectivity index (χ0) is 14.5. The number of hydrogen-bond donors (Lipinski definition) is 1. The lowest BCUT2D eigenvalue weighted by Gasteiger charge is -2.22. The predicted molar refractivity (Wildman–Crippen MR) is 68.7 cm³/mol. The van der Waals surface area contributed by atoms with Crippen molar-refractivity contribution >= 4 is 11.7 Å². The van der Waals surface area contributed by atoms with Crippen LogP contribution in [0.2, 0.25) is 0 Å². The van der Waals surface area contributed by atoms with Gasteiger partial charge in [0, 0.05) is 19.3 Å². The van der Waals surface area contributed by atoms with E-state index in [1.54, 1.807) is 0 Å². The standard InChI is InChI=1S/C13H15NO6/c15-13(16)12-9(2-1-3-11(12)14(17)18)8-20-10-4-6-19-7-5-10/h1-3,10H,4-8H2,(H,15,16). The third-order valence-corrected chi connectivity index (χ3v) is 3.18. The number of nitrogens with zero attached hydrogens (tertiary/aromatic N) is 1. The molecular formula is C13H15NO6. The lowest BCUT2D eigenvalue weighted by Crippen LogP contribution is -2.23. The Morgan fingerprint density at radius 2 is 2.15 bits per heavy atom. The first-order valence-corrected chi connectivity index (χ1v) is 6.28. The highest BCUT2D eigenvalue weighted by molar-refractivity contribution is 5.94. The molecule has 0 unspecified atom stereocenters. The van der Waals surface area contributed by atoms with Crippen molar-refractivity contribution in [2.75, 3.05) is 13.2 Å². The molecule has 1 aliphatic heterocycles. The van der Waals surface area contributed by atoms with Crippen molar-refractivity contribution < 1.29 is 24.3 Å². The summed E-state index contributed by atoms with van der Waals surface area (Å²) in [5.41, 5.74) is -0.395. The minimum absolute atomic E-state index is 0.00431. The summed E-state index contributed by atoms with van der Waals surface area (Å²) in [7, 11) is 0. The molecule has 1 aliphatic rings. The van der Waals surface area contributed by atoms with E-state index in [-0.39, 0.29) is 18.3 Å². The molecule has 0 atom stereocenters. The Kier molecular flexibility index (Phi) is 4.65. The highest BCUT2D eigenvalue weighted by Gasteiger charge is 2.24. The van der Waals surface area contributed by atoms with Crippen molar-refractivity contribution in [1.82, 2.24) is 0 Å². The molecule has 7 nitrogen and oxygen atoms in total. The van der Waals surface area contributed by atoms with E-state index in [1.807, 2.05) is 0 Å². The smallest absolute Gasteiger partial charge is 0.343 e. The van der Waals surface area contributed by atoms with E-state index in [1.165, 1.54) is 18.2 Å². The van der Waals surface area contributed by atoms with Gasteiger partial charge in [0.05, 0.1) is 17.6 Å². The molecule has 0 aliphatic carbocycles. The van der Waals surface area contributed by atoms with Crippen molar-refractivity contribution in [3.8, 4) is 0 Å². The van der Waals surface area contributed by atoms with Crippen LogP contribution in [0.15, 0.2) is 18.2 Å². The van der Waals surface area contributed by atoms with Crippen LogP contribution in [0.4, 0.5) is 5.69 Å². The summed E-state index contributed by atoms with van der Waals surface area (Å²) in [6, 6.07) is 4.18. The number of rotatable bonds is 5. The van der Waals surface area contributed by atoms with Gasteiger partial charge in [0.15, 0.2) is 0 Å². The van der Waals surface area contributed by atoms with Crippen molar-refractivity contribution in [3.63, 3.8) is 0 Å². The molecule has 20 heavy (non-hydrogen) atoms. The van der Waals surface area contributed by atoms with Crippen LogP contribution in [0.25, 0.3) is 0 Å². The molecule has 1 aromatic carbocycles. The zero-order valence-electron chi connectivity index (χ0n) is 10.8. The van der Waals surface area contributed by atoms with E-state index < -0.39 is 16.6 Å². The highest BCUT2D eigenvalue weighted by atomic mass is 16.6. The first-order chi connectivity index (χ1) is 9.59. The van der Waals surface area contributed by atoms with E-state index in [4.69, 9.17) is 14.6 Å². The van der Waals surface area contributed by atoms with Gasteiger partial charge in [-0.3, -0.25) is 10.1 Å². The summed E-state index contributed by atoms with van der Waals surface area (Å²) < 4.78 is 10.8. The second kappa shape index (κ2) is 6.44. The van der Waals surface area contributed by atoms with Gasteiger partial charge in [-0.2, -0.15) is 0 Å². The fourth-order valence-electron chi connectivity index (χ4n) is 2.16. The second-order valence-electron chi connectivity index (χ2n) is 4.50. The summed E-state index contributed by atoms with van der Waals surface area (Å²) in [6.45, 7) is 1.28. The average molecular weight is 281 g/mol. The van der Waals surface area contributed by atoms with Crippen LogP contribution in [-0.4, -0.2) is 35.3 Å². The Morgan fingerprint density at radius 3 is 2.75 bits per heavy atom. The quantitative estimate of drug-likeness (QED) is 0.654. The van der Waals surface area contributed by atoms with Crippen LogP contribution in [0.1, 0.15) is 28.8 Å². The molecule has 108 valence electrons. The average Bonchev–Trinajstić information content (AvgIpc) is 2.45. The van der Waals surface area contributed by atoms with Gasteiger partial charge in [0.25, 0.3) is 5.69 Å². The molecule has 7 heteroatoms. The van der Waals surface area contributed by atoms with E-state index in [0.29, 0.717) is 18.8 Å². The summed E-state index contributed by atoms with van der Waals surface area (Å²) >= 11 is 0. The predicted octanol–water partition coefficient (Wildman–Crippen LogP) is 1.99. The number of nitro benzene ring substituents is 1. The topological polar surface area (TPSA) is 98.9 Å². The number of carbonyl (C=O) groups is 1. The van der Waals surface area contributed by atoms with E-state index >= 15 is 0 Å². The van der Waals surface area contributed by atoms with Crippen molar-refractivity contribution in [3.05, 3.63) is 39.4 Å². The van der Waals surface area contributed by atoms with Crippen LogP contribution in [0, 0.1) is 10.1 Å². The number of carboxylic acid groups (broad SMARTS) is 1. The molecule has 1 aromatic rings. The van der Waals surface area contributed by atoms with Crippen molar-refractivity contribution in [1.29, 1.82) is 0 Å². The zero-order valence-corrected chi connectivity index (χ0v) is 10.8. The van der Waals surface area contributed by atoms with Crippen LogP contribution in [0.3, 0.4) is 0 Å². The number of benzene rings is 1. The Bertz CT molecular complexity index is 510. The molecule has 0 aromatic heterocycles. The number of carboxylic acids is 1. The van der Waals surface area contributed by atoms with E-state index in [9.17, 15) is 14.9 Å². The maximum atomic E-state index is 11.2. The normalized spacial score (nSPS) is 16.0. The summed E-state index contributed by atoms with van der Waals surface area (Å²) in [6.07, 6.45) is 1.50. The maximum absolute atomic E-state index is 11.2. The molecule has 0 bridgehead atoms. The number of aromatic carboxylic acids is 1. The van der Waals surface area contributed by atoms with Crippen LogP contribution in [0.5, 0.6) is 0 Å². The first-order valence-electron chi connectivity index (χ1n) is 6.28. The van der Waals surface area contributed by atoms with Gasteiger partial charge in [0.1, 0.15) is 5.56 Å². The summed E-state index contributed by atoms with van der Waals surface area (Å²) in [4.78, 5) is 21.4. The van der Waals surface area contributed by atoms with Crippen LogP contribution >= 0.6 is 0 Å². The molecule has 2 rings (SSSR count). The fourth-order valence-corrected chi connectivity index (χ4v) is 2.16. The Labute approximate surface area is 115 Å². The largest absolute Gasteiger partial charge is 0.477 e. The molecular weight excluding hydrogens is 266 g/mol. The lowest BCUT2D eigenvalue weighted by atomic mass is 10.1. The van der Waals surface area contributed by atoms with Gasteiger partial charge in [-0.25, -0.2) is 4.79 Å². The highest BCUT2D eigenvalue weighted by Crippen LogP contribution is 2.24. The maximum Gasteiger partial charge on any atom is 0.343 e. The molecule has 0 radical (unpaired) electrons. The fraction of sp³-hybridized carbons (Fsp3) is 0.462. The number of hydrogen-bond acceptors (Lipinski definition) is 5. The van der Waals surface area contributed by atoms with Gasteiger partial charge in [0.2, 0.25) is 0 Å². The number of nitro groups is 1. The molecule has 0 saturated carbocycles. The first kappa shape index (κ1) is 14.4. The van der Waals surface area contributed by atoms with Crippen molar-refractivity contribution in [2.24, 2.45) is 0 Å². The molecule has 1 fully saturated rings. The lowest BCUT2D eigenvalue weighted by molar-refractivity contribution is -0.385. The summed E-state index contributed by atoms with van der Waals surface area (Å²) in [5, 5.41) is 20.0. The SMILES string of the molecule is O=C(O)c1c(COC2CCOCC2)cccc1[N+](=O)[O-]. The van der Waals surface area contributed by atoms with E-state index in [0.717, 1.165) is 12.8 Å². The Balaban J connectivity index is 2.16. The Hall–Kier alpha value is -1.99. The second-order valence-corrected chi connectivity index (χ2v) is 4.50. The van der Waals surface area contributed by atoms with Crippen LogP contribution in [-0.2, 0) is 16.1 Å². The molecule has 0 amide bonds. The third kappa shape index (κ3) is 3.31. The molecule has 1 N–H and O–H groups in total. The van der Waals surface area contributed by atoms with Crippen LogP contribution < -0.4 is 0 Å².